The zero-order valence-corrected chi connectivity index (χ0v) is 20.7. The molecule has 2 aromatic rings. The first-order valence-corrected chi connectivity index (χ1v) is 12.7. The van der Waals surface area contributed by atoms with Crippen LogP contribution in [0.25, 0.3) is 0 Å². The van der Waals surface area contributed by atoms with Crippen molar-refractivity contribution in [2.45, 2.75) is 72.0 Å². The van der Waals surface area contributed by atoms with Crippen molar-refractivity contribution in [2.75, 3.05) is 13.2 Å². The van der Waals surface area contributed by atoms with Gasteiger partial charge in [-0.1, -0.05) is 69.5 Å². The molecule has 0 radical (unpaired) electrons. The van der Waals surface area contributed by atoms with Crippen LogP contribution in [-0.4, -0.2) is 29.1 Å². The molecule has 0 saturated heterocycles. The molecule has 2 aromatic carbocycles. The first-order valence-electron chi connectivity index (χ1n) is 12.7. The molecule has 0 aromatic heterocycles. The first-order chi connectivity index (χ1) is 15.9. The van der Waals surface area contributed by atoms with Crippen molar-refractivity contribution < 1.29 is 9.90 Å². The summed E-state index contributed by atoms with van der Waals surface area (Å²) in [6.07, 6.45) is 5.40. The summed E-state index contributed by atoms with van der Waals surface area (Å²) in [5.41, 5.74) is 5.41. The molecule has 0 bridgehead atoms. The van der Waals surface area contributed by atoms with Gasteiger partial charge in [0.2, 0.25) is 0 Å². The lowest BCUT2D eigenvalue weighted by Crippen LogP contribution is -2.32. The number of aliphatic hydroxyl groups is 1. The number of carbonyl (C=O) groups is 1. The van der Waals surface area contributed by atoms with Gasteiger partial charge in [-0.2, -0.15) is 0 Å². The number of fused-ring (bicyclic) bond motifs is 1. The number of carbonyl (C=O) groups excluding carboxylic acids is 1. The highest BCUT2D eigenvalue weighted by atomic mass is 16.3. The van der Waals surface area contributed by atoms with Crippen LogP contribution in [0.5, 0.6) is 0 Å². The number of rotatable bonds is 7. The minimum atomic E-state index is -0.403. The summed E-state index contributed by atoms with van der Waals surface area (Å²) >= 11 is 0. The minimum absolute atomic E-state index is 0.122. The van der Waals surface area contributed by atoms with Gasteiger partial charge in [0.15, 0.2) is 0 Å². The molecule has 1 fully saturated rings. The van der Waals surface area contributed by atoms with Crippen molar-refractivity contribution in [2.24, 2.45) is 17.8 Å². The average molecular weight is 449 g/mol. The summed E-state index contributed by atoms with van der Waals surface area (Å²) in [7, 11) is 0. The summed E-state index contributed by atoms with van der Waals surface area (Å²) in [5.74, 6) is 2.08. The molecule has 2 N–H and O–H groups in total. The predicted octanol–water partition coefficient (Wildman–Crippen LogP) is 5.80. The van der Waals surface area contributed by atoms with Crippen LogP contribution in [-0.2, 0) is 6.54 Å². The van der Waals surface area contributed by atoms with E-state index in [0.29, 0.717) is 17.5 Å². The Labute approximate surface area is 199 Å². The second-order valence-corrected chi connectivity index (χ2v) is 10.8. The van der Waals surface area contributed by atoms with Gasteiger partial charge >= 0.3 is 0 Å². The van der Waals surface area contributed by atoms with E-state index in [1.807, 2.05) is 37.3 Å². The molecular weight excluding hydrogens is 408 g/mol. The standard InChI is InChI=1S/C29H40N2O2/c1-19(2)28-26-14-13-24(29(33)30-27(18-32)23-11-7-21(4)8-12-23)15-25(26)17-31(28)16-22-9-5-20(3)6-10-22/h7-8,11-15,19-20,22,27-28,32H,5-6,9-10,16-18H2,1-4H3,(H,30,33)/t20?,22?,27-,28+/m1/s1. The minimum Gasteiger partial charge on any atom is -0.394 e. The van der Waals surface area contributed by atoms with Gasteiger partial charge in [0.05, 0.1) is 12.6 Å². The molecule has 178 valence electrons. The van der Waals surface area contributed by atoms with Gasteiger partial charge in [-0.05, 0) is 66.3 Å². The van der Waals surface area contributed by atoms with E-state index in [1.165, 1.54) is 36.8 Å². The van der Waals surface area contributed by atoms with Crippen LogP contribution < -0.4 is 5.32 Å². The Hall–Kier alpha value is -2.17. The second kappa shape index (κ2) is 10.4. The predicted molar refractivity (Wildman–Crippen MR) is 134 cm³/mol. The van der Waals surface area contributed by atoms with E-state index in [-0.39, 0.29) is 12.5 Å². The molecule has 0 unspecified atom stereocenters. The van der Waals surface area contributed by atoms with Crippen molar-refractivity contribution in [1.29, 1.82) is 0 Å². The molecule has 2 aliphatic rings. The number of amides is 1. The van der Waals surface area contributed by atoms with Gasteiger partial charge in [0.25, 0.3) is 5.91 Å². The highest BCUT2D eigenvalue weighted by molar-refractivity contribution is 5.94. The van der Waals surface area contributed by atoms with Crippen LogP contribution in [0.2, 0.25) is 0 Å². The van der Waals surface area contributed by atoms with E-state index in [9.17, 15) is 9.90 Å². The second-order valence-electron chi connectivity index (χ2n) is 10.8. The average Bonchev–Trinajstić information content (AvgIpc) is 3.16. The molecule has 4 heteroatoms. The van der Waals surface area contributed by atoms with E-state index >= 15 is 0 Å². The lowest BCUT2D eigenvalue weighted by atomic mass is 9.82. The summed E-state index contributed by atoms with van der Waals surface area (Å²) < 4.78 is 0. The third kappa shape index (κ3) is 5.50. The summed E-state index contributed by atoms with van der Waals surface area (Å²) in [5, 5.41) is 12.9. The van der Waals surface area contributed by atoms with Crippen molar-refractivity contribution in [1.82, 2.24) is 10.2 Å². The van der Waals surface area contributed by atoms with Crippen LogP contribution in [0.4, 0.5) is 0 Å². The third-order valence-corrected chi connectivity index (χ3v) is 7.72. The normalized spacial score (nSPS) is 24.0. The molecule has 1 aliphatic carbocycles. The number of hydrogen-bond donors (Lipinski definition) is 2. The summed E-state index contributed by atoms with van der Waals surface area (Å²) in [6, 6.07) is 14.2. The molecule has 0 spiro atoms. The van der Waals surface area contributed by atoms with Gasteiger partial charge in [0, 0.05) is 24.7 Å². The Balaban J connectivity index is 1.47. The van der Waals surface area contributed by atoms with Crippen LogP contribution in [0.15, 0.2) is 42.5 Å². The smallest absolute Gasteiger partial charge is 0.251 e. The van der Waals surface area contributed by atoms with Gasteiger partial charge in [0.1, 0.15) is 0 Å². The van der Waals surface area contributed by atoms with Crippen molar-refractivity contribution in [3.8, 4) is 0 Å². The monoisotopic (exact) mass is 448 g/mol. The Kier molecular flexibility index (Phi) is 7.55. The highest BCUT2D eigenvalue weighted by Gasteiger charge is 2.34. The maximum Gasteiger partial charge on any atom is 0.251 e. The topological polar surface area (TPSA) is 52.6 Å². The maximum atomic E-state index is 13.1. The zero-order chi connectivity index (χ0) is 23.5. The number of aliphatic hydroxyl groups excluding tert-OH is 1. The number of nitrogens with zero attached hydrogens (tertiary/aromatic N) is 1. The first kappa shape index (κ1) is 24.0. The zero-order valence-electron chi connectivity index (χ0n) is 20.7. The fourth-order valence-corrected chi connectivity index (χ4v) is 5.76. The fourth-order valence-electron chi connectivity index (χ4n) is 5.76. The van der Waals surface area contributed by atoms with Gasteiger partial charge in [-0.25, -0.2) is 0 Å². The van der Waals surface area contributed by atoms with Crippen molar-refractivity contribution in [3.63, 3.8) is 0 Å². The molecule has 1 aliphatic heterocycles. The molecule has 1 saturated carbocycles. The van der Waals surface area contributed by atoms with E-state index in [1.54, 1.807) is 0 Å². The SMILES string of the molecule is Cc1ccc([C@@H](CO)NC(=O)c2ccc3c(c2)CN(CC2CCC(C)CC2)[C@H]3C(C)C)cc1. The van der Waals surface area contributed by atoms with E-state index < -0.39 is 6.04 Å². The highest BCUT2D eigenvalue weighted by Crippen LogP contribution is 2.41. The molecule has 1 amide bonds. The largest absolute Gasteiger partial charge is 0.394 e. The lowest BCUT2D eigenvalue weighted by Gasteiger charge is -2.34. The summed E-state index contributed by atoms with van der Waals surface area (Å²) in [4.78, 5) is 15.7. The molecule has 4 nitrogen and oxygen atoms in total. The van der Waals surface area contributed by atoms with Gasteiger partial charge < -0.3 is 10.4 Å². The van der Waals surface area contributed by atoms with E-state index in [0.717, 1.165) is 36.1 Å². The van der Waals surface area contributed by atoms with Crippen LogP contribution in [0.3, 0.4) is 0 Å². The lowest BCUT2D eigenvalue weighted by molar-refractivity contribution is 0.0916. The Morgan fingerprint density at radius 2 is 1.79 bits per heavy atom. The molecule has 33 heavy (non-hydrogen) atoms. The van der Waals surface area contributed by atoms with Crippen molar-refractivity contribution in [3.05, 3.63) is 70.3 Å². The maximum absolute atomic E-state index is 13.1. The third-order valence-electron chi connectivity index (χ3n) is 7.72. The molecular formula is C29H40N2O2. The van der Waals surface area contributed by atoms with Gasteiger partial charge in [-0.15, -0.1) is 0 Å². The van der Waals surface area contributed by atoms with Crippen LogP contribution >= 0.6 is 0 Å². The number of benzene rings is 2. The Morgan fingerprint density at radius 1 is 1.09 bits per heavy atom. The quantitative estimate of drug-likeness (QED) is 0.563. The molecule has 1 heterocycles. The number of nitrogens with one attached hydrogen (secondary N) is 1. The number of hydrogen-bond acceptors (Lipinski definition) is 3. The van der Waals surface area contributed by atoms with Crippen LogP contribution in [0, 0.1) is 24.7 Å². The van der Waals surface area contributed by atoms with Gasteiger partial charge in [-0.3, -0.25) is 9.69 Å². The molecule has 2 atom stereocenters. The van der Waals surface area contributed by atoms with E-state index in [4.69, 9.17) is 0 Å². The van der Waals surface area contributed by atoms with Crippen molar-refractivity contribution >= 4 is 5.91 Å². The van der Waals surface area contributed by atoms with E-state index in [2.05, 4.69) is 43.1 Å². The summed E-state index contributed by atoms with van der Waals surface area (Å²) in [6.45, 7) is 11.0. The van der Waals surface area contributed by atoms with Crippen LogP contribution in [0.1, 0.15) is 91.1 Å². The number of aryl methyl sites for hydroxylation is 1. The Bertz CT molecular complexity index is 945. The Morgan fingerprint density at radius 3 is 2.42 bits per heavy atom. The fraction of sp³-hybridized carbons (Fsp3) is 0.552. The molecule has 4 rings (SSSR count).